The van der Waals surface area contributed by atoms with Gasteiger partial charge in [-0.25, -0.2) is 0 Å². The lowest BCUT2D eigenvalue weighted by atomic mass is 9.72. The van der Waals surface area contributed by atoms with Crippen molar-refractivity contribution in [3.05, 3.63) is 70.9 Å². The third-order valence-electron chi connectivity index (χ3n) is 7.57. The third-order valence-corrected chi connectivity index (χ3v) is 7.57. The molecule has 0 heterocycles. The lowest BCUT2D eigenvalue weighted by Crippen LogP contribution is -2.19. The van der Waals surface area contributed by atoms with Gasteiger partial charge in [-0.2, -0.15) is 0 Å². The minimum atomic E-state index is -0.0832. The normalized spacial score (nSPS) is 16.9. The Morgan fingerprint density at radius 2 is 1.55 bits per heavy atom. The molecule has 0 saturated heterocycles. The Labute approximate surface area is 236 Å². The number of rotatable bonds is 19. The Balaban J connectivity index is 2.16. The Kier molecular flexibility index (Phi) is 18.6. The van der Waals surface area contributed by atoms with Crippen molar-refractivity contribution in [2.75, 3.05) is 6.61 Å². The summed E-state index contributed by atoms with van der Waals surface area (Å²) in [6, 6.07) is 0. The number of carbonyl (C=O) groups is 1. The van der Waals surface area contributed by atoms with E-state index in [0.29, 0.717) is 13.0 Å². The Morgan fingerprint density at radius 3 is 2.24 bits per heavy atom. The highest BCUT2D eigenvalue weighted by atomic mass is 16.5. The van der Waals surface area contributed by atoms with Crippen molar-refractivity contribution in [1.82, 2.24) is 0 Å². The number of carbonyl (C=O) groups excluding carboxylic acids is 1. The molecule has 0 aromatic rings. The van der Waals surface area contributed by atoms with Crippen LogP contribution in [-0.2, 0) is 9.53 Å². The minimum Gasteiger partial charge on any atom is -0.461 e. The van der Waals surface area contributed by atoms with E-state index in [1.807, 2.05) is 13.0 Å². The maximum Gasteiger partial charge on any atom is 0.306 e. The summed E-state index contributed by atoms with van der Waals surface area (Å²) in [4.78, 5) is 12.0. The average Bonchev–Trinajstić information content (AvgIpc) is 2.86. The number of unbranched alkanes of at least 4 members (excludes halogenated alkanes) is 9. The molecule has 1 rings (SSSR count). The molecule has 214 valence electrons. The van der Waals surface area contributed by atoms with E-state index in [1.54, 1.807) is 0 Å². The van der Waals surface area contributed by atoms with Gasteiger partial charge in [-0.15, -0.1) is 0 Å². The van der Waals surface area contributed by atoms with Crippen molar-refractivity contribution in [2.24, 2.45) is 5.41 Å². The molecule has 0 atom stereocenters. The SMILES string of the molecule is CCCCCCC=CCCCCCCCC(=O)OCC=C(C)C=CC=C(C)C=CC1=C(C)CCCC1(C)C. The van der Waals surface area contributed by atoms with Crippen molar-refractivity contribution >= 4 is 5.97 Å². The van der Waals surface area contributed by atoms with Gasteiger partial charge in [0.2, 0.25) is 0 Å². The zero-order chi connectivity index (χ0) is 28.1. The van der Waals surface area contributed by atoms with E-state index in [1.165, 1.54) is 93.8 Å². The smallest absolute Gasteiger partial charge is 0.306 e. The van der Waals surface area contributed by atoms with Crippen LogP contribution in [0.2, 0.25) is 0 Å². The third kappa shape index (κ3) is 16.7. The van der Waals surface area contributed by atoms with E-state index < -0.39 is 0 Å². The standard InChI is InChI=1S/C36H58O2/c1-7-8-9-10-11-12-13-14-15-16-17-18-19-25-35(37)38-30-28-32(3)23-20-22-31(2)26-27-34-33(4)24-21-29-36(34,5)6/h12-13,20,22-23,26-28H,7-11,14-19,21,24-25,29-30H2,1-6H3. The highest BCUT2D eigenvalue weighted by Gasteiger charge is 2.26. The maximum absolute atomic E-state index is 12.0. The molecule has 1 aliphatic rings. The monoisotopic (exact) mass is 522 g/mol. The number of allylic oxidation sites excluding steroid dienone is 11. The molecular formula is C36H58O2. The molecule has 0 bridgehead atoms. The van der Waals surface area contributed by atoms with Crippen LogP contribution < -0.4 is 0 Å². The van der Waals surface area contributed by atoms with Crippen LogP contribution in [0.15, 0.2) is 70.9 Å². The van der Waals surface area contributed by atoms with Gasteiger partial charge in [0.25, 0.3) is 0 Å². The molecule has 0 unspecified atom stereocenters. The molecule has 2 nitrogen and oxygen atoms in total. The zero-order valence-electron chi connectivity index (χ0n) is 25.7. The van der Waals surface area contributed by atoms with Gasteiger partial charge in [-0.1, -0.05) is 119 Å². The van der Waals surface area contributed by atoms with Crippen LogP contribution in [0.25, 0.3) is 0 Å². The number of esters is 1. The molecule has 1 aliphatic carbocycles. The van der Waals surface area contributed by atoms with Crippen molar-refractivity contribution in [3.8, 4) is 0 Å². The lowest BCUT2D eigenvalue weighted by Gasteiger charge is -2.32. The Morgan fingerprint density at radius 1 is 0.895 bits per heavy atom. The van der Waals surface area contributed by atoms with Crippen molar-refractivity contribution in [2.45, 2.75) is 138 Å². The Bertz CT molecular complexity index is 845. The zero-order valence-corrected chi connectivity index (χ0v) is 25.7. The first kappa shape index (κ1) is 33.9. The number of ether oxygens (including phenoxy) is 1. The fourth-order valence-corrected chi connectivity index (χ4v) is 5.03. The molecular weight excluding hydrogens is 464 g/mol. The predicted octanol–water partition coefficient (Wildman–Crippen LogP) is 11.3. The Hall–Kier alpha value is -2.09. The van der Waals surface area contributed by atoms with E-state index in [-0.39, 0.29) is 11.4 Å². The van der Waals surface area contributed by atoms with Crippen LogP contribution in [0.4, 0.5) is 0 Å². The highest BCUT2D eigenvalue weighted by molar-refractivity contribution is 5.69. The molecule has 0 N–H and O–H groups in total. The summed E-state index contributed by atoms with van der Waals surface area (Å²) in [6.07, 6.45) is 35.4. The average molecular weight is 523 g/mol. The van der Waals surface area contributed by atoms with Crippen LogP contribution in [-0.4, -0.2) is 12.6 Å². The second-order valence-electron chi connectivity index (χ2n) is 11.8. The molecule has 0 spiro atoms. The van der Waals surface area contributed by atoms with Gasteiger partial charge in [-0.05, 0) is 89.2 Å². The van der Waals surface area contributed by atoms with Crippen LogP contribution in [0.3, 0.4) is 0 Å². The lowest BCUT2D eigenvalue weighted by molar-refractivity contribution is -0.142. The van der Waals surface area contributed by atoms with E-state index in [4.69, 9.17) is 4.74 Å². The van der Waals surface area contributed by atoms with Gasteiger partial charge in [0, 0.05) is 6.42 Å². The van der Waals surface area contributed by atoms with Gasteiger partial charge in [0.05, 0.1) is 0 Å². The molecule has 0 radical (unpaired) electrons. The quantitative estimate of drug-likeness (QED) is 0.0729. The molecule has 0 aliphatic heterocycles. The number of hydrogen-bond acceptors (Lipinski definition) is 2. The highest BCUT2D eigenvalue weighted by Crippen LogP contribution is 2.40. The maximum atomic E-state index is 12.0. The van der Waals surface area contributed by atoms with Crippen molar-refractivity contribution < 1.29 is 9.53 Å². The van der Waals surface area contributed by atoms with Gasteiger partial charge in [0.1, 0.15) is 6.61 Å². The first-order chi connectivity index (χ1) is 18.3. The van der Waals surface area contributed by atoms with Gasteiger partial charge in [-0.3, -0.25) is 4.79 Å². The summed E-state index contributed by atoms with van der Waals surface area (Å²) < 4.78 is 5.39. The topological polar surface area (TPSA) is 26.3 Å². The fraction of sp³-hybridized carbons (Fsp3) is 0.639. The van der Waals surface area contributed by atoms with E-state index in [2.05, 4.69) is 77.2 Å². The van der Waals surface area contributed by atoms with Crippen LogP contribution in [0, 0.1) is 5.41 Å². The predicted molar refractivity (Wildman–Crippen MR) is 167 cm³/mol. The molecule has 0 aromatic carbocycles. The van der Waals surface area contributed by atoms with E-state index >= 15 is 0 Å². The van der Waals surface area contributed by atoms with E-state index in [9.17, 15) is 4.79 Å². The van der Waals surface area contributed by atoms with Gasteiger partial charge < -0.3 is 4.74 Å². The first-order valence-electron chi connectivity index (χ1n) is 15.5. The molecule has 38 heavy (non-hydrogen) atoms. The molecule has 0 aromatic heterocycles. The summed E-state index contributed by atoms with van der Waals surface area (Å²) in [5.41, 5.74) is 5.63. The van der Waals surface area contributed by atoms with Crippen LogP contribution in [0.1, 0.15) is 138 Å². The minimum absolute atomic E-state index is 0.0832. The molecule has 0 fully saturated rings. The molecule has 0 saturated carbocycles. The molecule has 2 heteroatoms. The van der Waals surface area contributed by atoms with Crippen molar-refractivity contribution in [3.63, 3.8) is 0 Å². The van der Waals surface area contributed by atoms with Gasteiger partial charge in [0.15, 0.2) is 0 Å². The second-order valence-corrected chi connectivity index (χ2v) is 11.8. The molecule has 0 amide bonds. The summed E-state index contributed by atoms with van der Waals surface area (Å²) in [7, 11) is 0. The van der Waals surface area contributed by atoms with E-state index in [0.717, 1.165) is 18.4 Å². The summed E-state index contributed by atoms with van der Waals surface area (Å²) in [6.45, 7) is 13.8. The van der Waals surface area contributed by atoms with Crippen LogP contribution >= 0.6 is 0 Å². The summed E-state index contributed by atoms with van der Waals surface area (Å²) in [5.74, 6) is -0.0832. The second kappa shape index (κ2) is 20.8. The number of hydrogen-bond donors (Lipinski definition) is 0. The first-order valence-corrected chi connectivity index (χ1v) is 15.5. The largest absolute Gasteiger partial charge is 0.461 e. The summed E-state index contributed by atoms with van der Waals surface area (Å²) >= 11 is 0. The van der Waals surface area contributed by atoms with Crippen LogP contribution in [0.5, 0.6) is 0 Å². The summed E-state index contributed by atoms with van der Waals surface area (Å²) in [5, 5.41) is 0. The van der Waals surface area contributed by atoms with Crippen molar-refractivity contribution in [1.29, 1.82) is 0 Å². The van der Waals surface area contributed by atoms with Gasteiger partial charge >= 0.3 is 5.97 Å². The fourth-order valence-electron chi connectivity index (χ4n) is 5.03.